The van der Waals surface area contributed by atoms with Crippen LogP contribution in [0.4, 0.5) is 0 Å². The van der Waals surface area contributed by atoms with E-state index in [-0.39, 0.29) is 0 Å². The zero-order chi connectivity index (χ0) is 16.5. The van der Waals surface area contributed by atoms with E-state index >= 15 is 0 Å². The van der Waals surface area contributed by atoms with Crippen LogP contribution in [-0.4, -0.2) is 13.3 Å². The Balaban J connectivity index is 3.00. The van der Waals surface area contributed by atoms with Gasteiger partial charge in [-0.2, -0.15) is 0 Å². The summed E-state index contributed by atoms with van der Waals surface area (Å²) in [7, 11) is 0. The van der Waals surface area contributed by atoms with Gasteiger partial charge < -0.3 is 0 Å². The summed E-state index contributed by atoms with van der Waals surface area (Å²) in [4.78, 5) is 0. The molecule has 0 aliphatic rings. The van der Waals surface area contributed by atoms with Crippen LogP contribution in [0.1, 0.15) is 110 Å². The van der Waals surface area contributed by atoms with Gasteiger partial charge in [-0.1, -0.05) is 39.0 Å². The molecule has 134 valence electrons. The molecule has 0 fully saturated rings. The standard InChI is InChI=1S/C21H46Ge/c1-5-6-7-8-9-10-11-12-13-14-15-16-17-18-19-20-21-22(2,3)4/h5-21H2,1-4H3. The molecule has 0 N–H and O–H groups in total. The molecule has 0 nitrogen and oxygen atoms in total. The first kappa shape index (κ1) is 22.5. The number of hydrogen-bond donors (Lipinski definition) is 0. The van der Waals surface area contributed by atoms with Crippen LogP contribution in [-0.2, 0) is 0 Å². The van der Waals surface area contributed by atoms with Crippen molar-refractivity contribution in [3.63, 3.8) is 0 Å². The van der Waals surface area contributed by atoms with Gasteiger partial charge in [0, 0.05) is 0 Å². The van der Waals surface area contributed by atoms with Crippen LogP contribution in [0, 0.1) is 0 Å². The number of unbranched alkanes of at least 4 members (excludes halogenated alkanes) is 15. The van der Waals surface area contributed by atoms with Crippen LogP contribution in [0.3, 0.4) is 0 Å². The average Bonchev–Trinajstić information content (AvgIpc) is 2.45. The van der Waals surface area contributed by atoms with Crippen LogP contribution in [0.15, 0.2) is 0 Å². The van der Waals surface area contributed by atoms with E-state index in [9.17, 15) is 0 Å². The van der Waals surface area contributed by atoms with Crippen LogP contribution in [0.2, 0.25) is 22.5 Å². The summed E-state index contributed by atoms with van der Waals surface area (Å²) in [6, 6.07) is 0. The minimum atomic E-state index is -1.22. The topological polar surface area (TPSA) is 0 Å². The second kappa shape index (κ2) is 16.4. The van der Waals surface area contributed by atoms with Crippen molar-refractivity contribution in [2.75, 3.05) is 0 Å². The minimum absolute atomic E-state index is 1.22. The number of hydrogen-bond acceptors (Lipinski definition) is 0. The van der Waals surface area contributed by atoms with Gasteiger partial charge in [-0.05, 0) is 0 Å². The van der Waals surface area contributed by atoms with Gasteiger partial charge in [-0.15, -0.1) is 0 Å². The van der Waals surface area contributed by atoms with Crippen LogP contribution in [0.25, 0.3) is 0 Å². The predicted octanol–water partition coefficient (Wildman–Crippen LogP) is 8.59. The van der Waals surface area contributed by atoms with Gasteiger partial charge >= 0.3 is 106 Å². The molecule has 0 unspecified atom stereocenters. The molecule has 0 saturated carbocycles. The maximum absolute atomic E-state index is 2.55. The molecule has 0 aromatic heterocycles. The maximum atomic E-state index is 2.55. The third-order valence-corrected chi connectivity index (χ3v) is 8.67. The molecule has 0 saturated heterocycles. The summed E-state index contributed by atoms with van der Waals surface area (Å²) >= 11 is -1.22. The Morgan fingerprint density at radius 1 is 0.409 bits per heavy atom. The van der Waals surface area contributed by atoms with E-state index in [2.05, 4.69) is 24.2 Å². The van der Waals surface area contributed by atoms with Gasteiger partial charge in [-0.25, -0.2) is 0 Å². The van der Waals surface area contributed by atoms with E-state index in [0.717, 1.165) is 0 Å². The van der Waals surface area contributed by atoms with Gasteiger partial charge in [0.05, 0.1) is 0 Å². The molecule has 0 radical (unpaired) electrons. The van der Waals surface area contributed by atoms with E-state index < -0.39 is 13.3 Å². The van der Waals surface area contributed by atoms with Gasteiger partial charge in [0.2, 0.25) is 0 Å². The van der Waals surface area contributed by atoms with Gasteiger partial charge in [0.25, 0.3) is 0 Å². The molecule has 0 rings (SSSR count). The van der Waals surface area contributed by atoms with E-state index in [1.807, 2.05) is 0 Å². The van der Waals surface area contributed by atoms with Crippen molar-refractivity contribution in [1.29, 1.82) is 0 Å². The van der Waals surface area contributed by atoms with E-state index in [0.29, 0.717) is 0 Å². The fourth-order valence-corrected chi connectivity index (χ4v) is 5.95. The monoisotopic (exact) mass is 372 g/mol. The van der Waals surface area contributed by atoms with Crippen LogP contribution < -0.4 is 0 Å². The summed E-state index contributed by atoms with van der Waals surface area (Å²) in [5.41, 5.74) is 0. The van der Waals surface area contributed by atoms with Crippen LogP contribution >= 0.6 is 0 Å². The summed E-state index contributed by atoms with van der Waals surface area (Å²) in [5.74, 6) is 7.64. The Bertz CT molecular complexity index is 204. The quantitative estimate of drug-likeness (QED) is 0.177. The SMILES string of the molecule is CCCCCCCCCCCCCCCCC[CH2][Ge]([CH3])([CH3])[CH3]. The summed E-state index contributed by atoms with van der Waals surface area (Å²) < 4.78 is 0. The first-order valence-corrected chi connectivity index (χ1v) is 18.3. The molecule has 0 aromatic carbocycles. The van der Waals surface area contributed by atoms with Crippen molar-refractivity contribution in [2.45, 2.75) is 132 Å². The van der Waals surface area contributed by atoms with Gasteiger partial charge in [-0.3, -0.25) is 0 Å². The summed E-state index contributed by atoms with van der Waals surface area (Å²) in [6.07, 6.45) is 23.7. The van der Waals surface area contributed by atoms with E-state index in [1.54, 1.807) is 5.25 Å². The Labute approximate surface area is 145 Å². The molecule has 1 heteroatoms. The predicted molar refractivity (Wildman–Crippen MR) is 108 cm³/mol. The molecular formula is C21H46Ge. The summed E-state index contributed by atoms with van der Waals surface area (Å²) in [6.45, 7) is 2.30. The van der Waals surface area contributed by atoms with Gasteiger partial charge in [0.15, 0.2) is 0 Å². The van der Waals surface area contributed by atoms with E-state index in [1.165, 1.54) is 103 Å². The third-order valence-electron chi connectivity index (χ3n) is 4.78. The fourth-order valence-electron chi connectivity index (χ4n) is 3.20. The Kier molecular flexibility index (Phi) is 16.8. The zero-order valence-electron chi connectivity index (χ0n) is 16.5. The Hall–Kier alpha value is 0.543. The molecule has 0 atom stereocenters. The summed E-state index contributed by atoms with van der Waals surface area (Å²) in [5, 5.41) is 1.58. The molecule has 22 heavy (non-hydrogen) atoms. The van der Waals surface area contributed by atoms with Crippen molar-refractivity contribution >= 4 is 13.3 Å². The second-order valence-corrected chi connectivity index (χ2v) is 20.4. The Morgan fingerprint density at radius 2 is 0.682 bits per heavy atom. The van der Waals surface area contributed by atoms with Gasteiger partial charge in [0.1, 0.15) is 0 Å². The molecule has 0 heterocycles. The van der Waals surface area contributed by atoms with Crippen molar-refractivity contribution in [1.82, 2.24) is 0 Å². The molecular weight excluding hydrogens is 325 g/mol. The van der Waals surface area contributed by atoms with Crippen LogP contribution in [0.5, 0.6) is 0 Å². The first-order chi connectivity index (χ1) is 10.6. The first-order valence-electron chi connectivity index (χ1n) is 10.6. The van der Waals surface area contributed by atoms with E-state index in [4.69, 9.17) is 0 Å². The average molecular weight is 371 g/mol. The molecule has 0 aromatic rings. The van der Waals surface area contributed by atoms with Crippen molar-refractivity contribution < 1.29 is 0 Å². The van der Waals surface area contributed by atoms with Crippen molar-refractivity contribution in [3.8, 4) is 0 Å². The molecule has 0 spiro atoms. The third kappa shape index (κ3) is 20.5. The molecule has 0 amide bonds. The molecule has 0 bridgehead atoms. The van der Waals surface area contributed by atoms with Crippen molar-refractivity contribution in [2.24, 2.45) is 0 Å². The fraction of sp³-hybridized carbons (Fsp3) is 1.00. The molecule has 0 aliphatic carbocycles. The Morgan fingerprint density at radius 3 is 0.955 bits per heavy atom. The zero-order valence-corrected chi connectivity index (χ0v) is 18.6. The molecule has 0 aliphatic heterocycles. The normalized spacial score (nSPS) is 12.0. The van der Waals surface area contributed by atoms with Crippen molar-refractivity contribution in [3.05, 3.63) is 0 Å². The number of rotatable bonds is 17. The second-order valence-electron chi connectivity index (χ2n) is 8.61.